The maximum atomic E-state index is 4.26. The molecule has 2 rings (SSSR count). The minimum Gasteiger partial charge on any atom is -0.293 e. The molecule has 4 heteroatoms. The van der Waals surface area contributed by atoms with Gasteiger partial charge in [0.15, 0.2) is 0 Å². The van der Waals surface area contributed by atoms with Crippen LogP contribution in [0.4, 0.5) is 0 Å². The Labute approximate surface area is 99.0 Å². The van der Waals surface area contributed by atoms with Gasteiger partial charge in [0.2, 0.25) is 0 Å². The summed E-state index contributed by atoms with van der Waals surface area (Å²) >= 11 is 3.57. The van der Waals surface area contributed by atoms with Crippen LogP contribution in [0.5, 0.6) is 0 Å². The fourth-order valence-corrected chi connectivity index (χ4v) is 2.96. The first-order valence-electron chi connectivity index (χ1n) is 5.37. The fourth-order valence-electron chi connectivity index (χ4n) is 2.10. The number of halogens is 1. The van der Waals surface area contributed by atoms with Crippen molar-refractivity contribution in [1.82, 2.24) is 14.9 Å². The molecule has 2 atom stereocenters. The highest BCUT2D eigenvalue weighted by atomic mass is 79.9. The maximum Gasteiger partial charge on any atom is 0.142 e. The van der Waals surface area contributed by atoms with Crippen LogP contribution < -0.4 is 0 Å². The van der Waals surface area contributed by atoms with Crippen molar-refractivity contribution in [2.75, 3.05) is 11.9 Å². The van der Waals surface area contributed by atoms with Crippen molar-refractivity contribution in [3.05, 3.63) is 24.3 Å². The average molecular weight is 270 g/mol. The van der Waals surface area contributed by atoms with E-state index in [2.05, 4.69) is 37.7 Å². The second-order valence-corrected chi connectivity index (χ2v) is 4.73. The van der Waals surface area contributed by atoms with Crippen molar-refractivity contribution >= 4 is 15.9 Å². The molecule has 0 radical (unpaired) electrons. The zero-order chi connectivity index (χ0) is 10.7. The predicted molar refractivity (Wildman–Crippen MR) is 63.8 cm³/mol. The summed E-state index contributed by atoms with van der Waals surface area (Å²) in [5, 5.41) is 1.10. The van der Waals surface area contributed by atoms with Gasteiger partial charge in [0.05, 0.1) is 6.54 Å². The minimum absolute atomic E-state index is 0.633. The molecule has 1 aromatic heterocycles. The lowest BCUT2D eigenvalue weighted by molar-refractivity contribution is 0.235. The van der Waals surface area contributed by atoms with Crippen LogP contribution in [-0.4, -0.2) is 32.8 Å². The van der Waals surface area contributed by atoms with Crippen LogP contribution >= 0.6 is 15.9 Å². The van der Waals surface area contributed by atoms with Crippen molar-refractivity contribution in [1.29, 1.82) is 0 Å². The maximum absolute atomic E-state index is 4.26. The summed E-state index contributed by atoms with van der Waals surface area (Å²) < 4.78 is 0. The van der Waals surface area contributed by atoms with Gasteiger partial charge in [0, 0.05) is 23.8 Å². The smallest absolute Gasteiger partial charge is 0.142 e. The molecule has 0 aromatic carbocycles. The Hall–Kier alpha value is -0.480. The molecule has 0 N–H and O–H groups in total. The minimum atomic E-state index is 0.633. The lowest BCUT2D eigenvalue weighted by atomic mass is 10.1. The van der Waals surface area contributed by atoms with Crippen LogP contribution in [0.25, 0.3) is 0 Å². The number of likely N-dealkylation sites (tertiary alicyclic amines) is 1. The first-order chi connectivity index (χ1) is 7.31. The molecule has 0 bridgehead atoms. The summed E-state index contributed by atoms with van der Waals surface area (Å²) in [7, 11) is 0. The lowest BCUT2D eigenvalue weighted by Crippen LogP contribution is -2.30. The number of alkyl halides is 1. The van der Waals surface area contributed by atoms with Gasteiger partial charge in [-0.1, -0.05) is 15.9 Å². The van der Waals surface area contributed by atoms with Gasteiger partial charge >= 0.3 is 0 Å². The van der Waals surface area contributed by atoms with E-state index in [4.69, 9.17) is 0 Å². The van der Waals surface area contributed by atoms with Crippen molar-refractivity contribution < 1.29 is 0 Å². The van der Waals surface area contributed by atoms with E-state index in [-0.39, 0.29) is 0 Å². The van der Waals surface area contributed by atoms with E-state index in [9.17, 15) is 0 Å². The molecule has 0 aliphatic carbocycles. The normalized spacial score (nSPS) is 27.1. The second kappa shape index (κ2) is 5.03. The Kier molecular flexibility index (Phi) is 3.70. The molecular formula is C11H16BrN3. The van der Waals surface area contributed by atoms with Crippen molar-refractivity contribution in [2.45, 2.75) is 25.9 Å². The van der Waals surface area contributed by atoms with E-state index in [1.165, 1.54) is 6.42 Å². The first-order valence-corrected chi connectivity index (χ1v) is 6.49. The van der Waals surface area contributed by atoms with Crippen molar-refractivity contribution in [3.63, 3.8) is 0 Å². The third-order valence-corrected chi connectivity index (χ3v) is 4.04. The summed E-state index contributed by atoms with van der Waals surface area (Å²) in [6.45, 7) is 4.34. The van der Waals surface area contributed by atoms with E-state index < -0.39 is 0 Å². The fraction of sp³-hybridized carbons (Fsp3) is 0.636. The molecule has 1 aromatic rings. The molecule has 1 saturated heterocycles. The summed E-state index contributed by atoms with van der Waals surface area (Å²) in [4.78, 5) is 11.0. The van der Waals surface area contributed by atoms with Crippen molar-refractivity contribution in [2.24, 2.45) is 5.92 Å². The molecular weight excluding hydrogens is 254 g/mol. The number of nitrogens with zero attached hydrogens (tertiary/aromatic N) is 3. The summed E-state index contributed by atoms with van der Waals surface area (Å²) in [5.41, 5.74) is 0. The average Bonchev–Trinajstić information content (AvgIpc) is 2.62. The molecule has 1 fully saturated rings. The molecule has 3 nitrogen and oxygen atoms in total. The Morgan fingerprint density at radius 1 is 1.47 bits per heavy atom. The zero-order valence-electron chi connectivity index (χ0n) is 8.93. The number of aromatic nitrogens is 2. The van der Waals surface area contributed by atoms with Gasteiger partial charge in [-0.05, 0) is 31.9 Å². The first kappa shape index (κ1) is 11.0. The molecule has 2 unspecified atom stereocenters. The van der Waals surface area contributed by atoms with E-state index in [0.717, 1.165) is 30.2 Å². The molecule has 1 aliphatic rings. The highest BCUT2D eigenvalue weighted by Gasteiger charge is 2.29. The zero-order valence-corrected chi connectivity index (χ0v) is 10.5. The van der Waals surface area contributed by atoms with Crippen LogP contribution in [0.15, 0.2) is 18.5 Å². The monoisotopic (exact) mass is 269 g/mol. The molecule has 2 heterocycles. The van der Waals surface area contributed by atoms with Gasteiger partial charge in [0.1, 0.15) is 5.82 Å². The summed E-state index contributed by atoms with van der Waals surface area (Å²) in [6.07, 6.45) is 4.90. The largest absolute Gasteiger partial charge is 0.293 e. The predicted octanol–water partition coefficient (Wildman–Crippen LogP) is 2.08. The Balaban J connectivity index is 1.96. The van der Waals surface area contributed by atoms with Crippen molar-refractivity contribution in [3.8, 4) is 0 Å². The van der Waals surface area contributed by atoms with E-state index in [0.29, 0.717) is 6.04 Å². The van der Waals surface area contributed by atoms with Gasteiger partial charge in [0.25, 0.3) is 0 Å². The van der Waals surface area contributed by atoms with Crippen LogP contribution in [-0.2, 0) is 6.54 Å². The number of hydrogen-bond donors (Lipinski definition) is 0. The molecule has 0 spiro atoms. The second-order valence-electron chi connectivity index (χ2n) is 4.08. The Morgan fingerprint density at radius 2 is 2.20 bits per heavy atom. The highest BCUT2D eigenvalue weighted by molar-refractivity contribution is 9.09. The van der Waals surface area contributed by atoms with E-state index in [1.54, 1.807) is 0 Å². The van der Waals surface area contributed by atoms with Crippen LogP contribution in [0.2, 0.25) is 0 Å². The number of rotatable bonds is 3. The highest BCUT2D eigenvalue weighted by Crippen LogP contribution is 2.26. The third-order valence-electron chi connectivity index (χ3n) is 3.21. The van der Waals surface area contributed by atoms with Gasteiger partial charge in [-0.25, -0.2) is 9.97 Å². The lowest BCUT2D eigenvalue weighted by Gasteiger charge is -2.22. The van der Waals surface area contributed by atoms with Gasteiger partial charge in [-0.15, -0.1) is 0 Å². The van der Waals surface area contributed by atoms with E-state index in [1.807, 2.05) is 18.5 Å². The quantitative estimate of drug-likeness (QED) is 0.787. The topological polar surface area (TPSA) is 29.0 Å². The van der Waals surface area contributed by atoms with Crippen LogP contribution in [0, 0.1) is 5.92 Å². The standard InChI is InChI=1S/C11H16BrN3/c1-9-10(7-12)3-6-15(9)8-11-13-4-2-5-14-11/h2,4-5,9-10H,3,6-8H2,1H3. The summed E-state index contributed by atoms with van der Waals surface area (Å²) in [6, 6.07) is 2.49. The van der Waals surface area contributed by atoms with Gasteiger partial charge < -0.3 is 0 Å². The third kappa shape index (κ3) is 2.55. The Bertz CT molecular complexity index is 304. The molecule has 82 valence electrons. The molecule has 0 saturated carbocycles. The van der Waals surface area contributed by atoms with Crippen LogP contribution in [0.3, 0.4) is 0 Å². The molecule has 15 heavy (non-hydrogen) atoms. The summed E-state index contributed by atoms with van der Waals surface area (Å²) in [5.74, 6) is 1.70. The number of hydrogen-bond acceptors (Lipinski definition) is 3. The molecule has 0 amide bonds. The SMILES string of the molecule is CC1C(CBr)CCN1Cc1ncccn1. The molecule has 1 aliphatic heterocycles. The van der Waals surface area contributed by atoms with E-state index >= 15 is 0 Å². The van der Waals surface area contributed by atoms with Gasteiger partial charge in [-0.3, -0.25) is 4.90 Å². The van der Waals surface area contributed by atoms with Gasteiger partial charge in [-0.2, -0.15) is 0 Å². The van der Waals surface area contributed by atoms with Crippen LogP contribution in [0.1, 0.15) is 19.2 Å². The Morgan fingerprint density at radius 3 is 2.80 bits per heavy atom.